The van der Waals surface area contributed by atoms with Crippen molar-refractivity contribution in [2.45, 2.75) is 45.7 Å². The Labute approximate surface area is 144 Å². The molecule has 0 bridgehead atoms. The van der Waals surface area contributed by atoms with E-state index in [0.29, 0.717) is 13.1 Å². The van der Waals surface area contributed by atoms with Gasteiger partial charge in [-0.1, -0.05) is 13.8 Å². The van der Waals surface area contributed by atoms with Crippen LogP contribution in [0.2, 0.25) is 0 Å². The van der Waals surface area contributed by atoms with E-state index < -0.39 is 9.84 Å². The lowest BCUT2D eigenvalue weighted by Gasteiger charge is -2.31. The number of aryl methyl sites for hydroxylation is 2. The van der Waals surface area contributed by atoms with Gasteiger partial charge in [-0.25, -0.2) is 8.42 Å². The molecular weight excluding hydrogens is 328 g/mol. The van der Waals surface area contributed by atoms with Crippen LogP contribution in [0.1, 0.15) is 37.2 Å². The van der Waals surface area contributed by atoms with Crippen molar-refractivity contribution < 1.29 is 13.2 Å². The molecule has 1 fully saturated rings. The van der Waals surface area contributed by atoms with Gasteiger partial charge in [0.2, 0.25) is 5.91 Å². The number of rotatable bonds is 6. The second-order valence-electron chi connectivity index (χ2n) is 6.43. The van der Waals surface area contributed by atoms with Crippen molar-refractivity contribution in [3.8, 4) is 0 Å². The quantitative estimate of drug-likeness (QED) is 0.791. The molecule has 0 aliphatic carbocycles. The zero-order valence-electron chi connectivity index (χ0n) is 15.0. The highest BCUT2D eigenvalue weighted by atomic mass is 32.2. The van der Waals surface area contributed by atoms with Crippen molar-refractivity contribution in [2.75, 3.05) is 25.1 Å². The first-order valence-corrected chi connectivity index (χ1v) is 10.3. The molecule has 2 rings (SSSR count). The minimum Gasteiger partial charge on any atom is -0.352 e. The first-order valence-electron chi connectivity index (χ1n) is 8.48. The smallest absolute Gasteiger partial charge is 0.221 e. The number of sulfone groups is 1. The minimum absolute atomic E-state index is 0.0598. The average Bonchev–Trinajstić information content (AvgIpc) is 2.83. The summed E-state index contributed by atoms with van der Waals surface area (Å²) < 4.78 is 25.4. The Hall–Kier alpha value is -1.41. The number of hydrogen-bond acceptors (Lipinski definition) is 5. The number of aromatic nitrogens is 2. The molecule has 24 heavy (non-hydrogen) atoms. The number of carbonyl (C=O) groups is 1. The van der Waals surface area contributed by atoms with Crippen LogP contribution in [0.3, 0.4) is 0 Å². The fourth-order valence-electron chi connectivity index (χ4n) is 3.25. The third kappa shape index (κ3) is 4.36. The predicted molar refractivity (Wildman–Crippen MR) is 93.5 cm³/mol. The molecule has 1 aromatic rings. The molecule has 1 saturated heterocycles. The fourth-order valence-corrected chi connectivity index (χ4v) is 4.94. The van der Waals surface area contributed by atoms with Gasteiger partial charge in [-0.2, -0.15) is 5.10 Å². The molecule has 1 aliphatic rings. The zero-order chi connectivity index (χ0) is 17.9. The van der Waals surface area contributed by atoms with Crippen molar-refractivity contribution in [2.24, 2.45) is 7.05 Å². The van der Waals surface area contributed by atoms with Gasteiger partial charge >= 0.3 is 0 Å². The third-order valence-electron chi connectivity index (χ3n) is 4.74. The van der Waals surface area contributed by atoms with E-state index in [-0.39, 0.29) is 29.9 Å². The summed E-state index contributed by atoms with van der Waals surface area (Å²) >= 11 is 0. The molecule has 8 heteroatoms. The van der Waals surface area contributed by atoms with Crippen molar-refractivity contribution in [1.82, 2.24) is 20.0 Å². The maximum Gasteiger partial charge on any atom is 0.221 e. The number of carbonyl (C=O) groups excluding carboxylic acids is 1. The Balaban J connectivity index is 1.99. The summed E-state index contributed by atoms with van der Waals surface area (Å²) in [6.45, 7) is 5.06. The Bertz CT molecular complexity index is 696. The lowest BCUT2D eigenvalue weighted by Crippen LogP contribution is -2.48. The van der Waals surface area contributed by atoms with Gasteiger partial charge in [-0.05, 0) is 19.9 Å². The van der Waals surface area contributed by atoms with Gasteiger partial charge in [0.05, 0.1) is 17.2 Å². The summed E-state index contributed by atoms with van der Waals surface area (Å²) in [4.78, 5) is 14.2. The van der Waals surface area contributed by atoms with E-state index in [0.717, 1.165) is 29.8 Å². The molecule has 7 nitrogen and oxygen atoms in total. The van der Waals surface area contributed by atoms with Crippen LogP contribution in [0, 0.1) is 0 Å². The zero-order valence-corrected chi connectivity index (χ0v) is 15.8. The van der Waals surface area contributed by atoms with Gasteiger partial charge in [0, 0.05) is 43.9 Å². The molecule has 0 radical (unpaired) electrons. The van der Waals surface area contributed by atoms with Crippen LogP contribution >= 0.6 is 0 Å². The molecule has 1 N–H and O–H groups in total. The number of nitrogens with zero attached hydrogens (tertiary/aromatic N) is 3. The maximum absolute atomic E-state index is 12.3. The summed E-state index contributed by atoms with van der Waals surface area (Å²) in [6.07, 6.45) is 1.89. The molecule has 2 heterocycles. The minimum atomic E-state index is -3.03. The third-order valence-corrected chi connectivity index (χ3v) is 6.43. The standard InChI is InChI=1S/C16H28N4O3S/c1-5-14-13(15(6-2)20(4)18-14)10-17-16(21)9-12-11-24(22,23)8-7-19(12)3/h12H,5-11H2,1-4H3,(H,17,21). The normalized spacial score (nSPS) is 20.9. The Kier molecular flexibility index (Phi) is 6.03. The maximum atomic E-state index is 12.3. The van der Waals surface area contributed by atoms with E-state index in [4.69, 9.17) is 0 Å². The molecule has 1 aromatic heterocycles. The predicted octanol–water partition coefficient (Wildman–Crippen LogP) is 0.280. The molecule has 0 aromatic carbocycles. The van der Waals surface area contributed by atoms with E-state index in [2.05, 4.69) is 24.3 Å². The molecule has 136 valence electrons. The van der Waals surface area contributed by atoms with Crippen molar-refractivity contribution >= 4 is 15.7 Å². The van der Waals surface area contributed by atoms with E-state index in [1.807, 2.05) is 23.7 Å². The van der Waals surface area contributed by atoms with E-state index in [9.17, 15) is 13.2 Å². The number of amides is 1. The average molecular weight is 356 g/mol. The summed E-state index contributed by atoms with van der Waals surface area (Å²) in [5.74, 6) is 0.123. The van der Waals surface area contributed by atoms with Gasteiger partial charge in [-0.15, -0.1) is 0 Å². The van der Waals surface area contributed by atoms with Gasteiger partial charge in [0.25, 0.3) is 0 Å². The van der Waals surface area contributed by atoms with Crippen LogP contribution in [-0.2, 0) is 41.1 Å². The van der Waals surface area contributed by atoms with Gasteiger partial charge < -0.3 is 10.2 Å². The highest BCUT2D eigenvalue weighted by Crippen LogP contribution is 2.16. The summed E-state index contributed by atoms with van der Waals surface area (Å²) in [6, 6.07) is -0.242. The highest BCUT2D eigenvalue weighted by molar-refractivity contribution is 7.91. The lowest BCUT2D eigenvalue weighted by atomic mass is 10.1. The number of nitrogens with one attached hydrogen (secondary N) is 1. The molecule has 1 atom stereocenters. The monoisotopic (exact) mass is 356 g/mol. The Morgan fingerprint density at radius 2 is 2.00 bits per heavy atom. The van der Waals surface area contributed by atoms with Gasteiger partial charge in [0.1, 0.15) is 0 Å². The first kappa shape index (κ1) is 18.9. The summed E-state index contributed by atoms with van der Waals surface area (Å²) in [7, 11) is 0.764. The van der Waals surface area contributed by atoms with E-state index in [1.165, 1.54) is 0 Å². The van der Waals surface area contributed by atoms with Crippen molar-refractivity contribution in [1.29, 1.82) is 0 Å². The van der Waals surface area contributed by atoms with Crippen LogP contribution in [0.25, 0.3) is 0 Å². The molecule has 0 spiro atoms. The SMILES string of the molecule is CCc1nn(C)c(CC)c1CNC(=O)CC1CS(=O)(=O)CCN1C. The Morgan fingerprint density at radius 3 is 2.62 bits per heavy atom. The fraction of sp³-hybridized carbons (Fsp3) is 0.750. The van der Waals surface area contributed by atoms with Crippen molar-refractivity contribution in [3.63, 3.8) is 0 Å². The first-order chi connectivity index (χ1) is 11.3. The van der Waals surface area contributed by atoms with Crippen LogP contribution in [0.4, 0.5) is 0 Å². The molecule has 1 aliphatic heterocycles. The molecule has 0 saturated carbocycles. The Morgan fingerprint density at radius 1 is 1.29 bits per heavy atom. The second kappa shape index (κ2) is 7.65. The molecule has 1 amide bonds. The van der Waals surface area contributed by atoms with E-state index >= 15 is 0 Å². The summed E-state index contributed by atoms with van der Waals surface area (Å²) in [5.41, 5.74) is 3.22. The topological polar surface area (TPSA) is 84.3 Å². The largest absolute Gasteiger partial charge is 0.352 e. The second-order valence-corrected chi connectivity index (χ2v) is 8.66. The van der Waals surface area contributed by atoms with Crippen molar-refractivity contribution in [3.05, 3.63) is 17.0 Å². The lowest BCUT2D eigenvalue weighted by molar-refractivity contribution is -0.122. The molecular formula is C16H28N4O3S. The van der Waals surface area contributed by atoms with Gasteiger partial charge in [-0.3, -0.25) is 9.48 Å². The van der Waals surface area contributed by atoms with Crippen LogP contribution in [0.5, 0.6) is 0 Å². The molecule has 1 unspecified atom stereocenters. The van der Waals surface area contributed by atoms with E-state index in [1.54, 1.807) is 0 Å². The van der Waals surface area contributed by atoms with Crippen LogP contribution in [-0.4, -0.2) is 60.1 Å². The highest BCUT2D eigenvalue weighted by Gasteiger charge is 2.30. The van der Waals surface area contributed by atoms with Crippen LogP contribution < -0.4 is 5.32 Å². The van der Waals surface area contributed by atoms with Crippen LogP contribution in [0.15, 0.2) is 0 Å². The van der Waals surface area contributed by atoms with Gasteiger partial charge in [0.15, 0.2) is 9.84 Å². The number of hydrogen-bond donors (Lipinski definition) is 1. The summed E-state index contributed by atoms with van der Waals surface area (Å²) in [5, 5.41) is 7.45.